The predicted molar refractivity (Wildman–Crippen MR) is 165 cm³/mol. The number of nitrogens with one attached hydrogen (secondary N) is 1. The van der Waals surface area contributed by atoms with Crippen molar-refractivity contribution in [1.82, 2.24) is 9.03 Å². The van der Waals surface area contributed by atoms with Crippen LogP contribution in [0, 0.1) is 6.92 Å². The fourth-order valence-corrected chi connectivity index (χ4v) is 5.89. The van der Waals surface area contributed by atoms with Crippen LogP contribution in [0.15, 0.2) is 12.1 Å². The van der Waals surface area contributed by atoms with Gasteiger partial charge in [-0.25, -0.2) is 9.52 Å². The number of carbonyl (C=O) groups is 1. The molecule has 1 N–H and O–H groups in total. The molecule has 0 unspecified atom stereocenters. The zero-order chi connectivity index (χ0) is 29.7. The van der Waals surface area contributed by atoms with Crippen LogP contribution in [0.2, 0.25) is 0 Å². The van der Waals surface area contributed by atoms with Gasteiger partial charge >= 0.3 is 16.3 Å². The van der Waals surface area contributed by atoms with E-state index in [4.69, 9.17) is 4.74 Å². The lowest BCUT2D eigenvalue weighted by Crippen LogP contribution is -2.45. The third kappa shape index (κ3) is 13.1. The van der Waals surface area contributed by atoms with Gasteiger partial charge < -0.3 is 4.74 Å². The molecule has 39 heavy (non-hydrogen) atoms. The molecular weight excluding hydrogens is 508 g/mol. The number of hydrogen-bond acceptors (Lipinski definition) is 4. The molecule has 0 aromatic heterocycles. The van der Waals surface area contributed by atoms with Crippen molar-refractivity contribution < 1.29 is 17.9 Å². The Kier molecular flexibility index (Phi) is 15.1. The van der Waals surface area contributed by atoms with Gasteiger partial charge in [0.15, 0.2) is 0 Å². The zero-order valence-corrected chi connectivity index (χ0v) is 27.4. The second-order valence-electron chi connectivity index (χ2n) is 13.1. The lowest BCUT2D eigenvalue weighted by atomic mass is 9.78. The average Bonchev–Trinajstić information content (AvgIpc) is 2.81. The van der Waals surface area contributed by atoms with E-state index in [1.165, 1.54) is 42.8 Å². The van der Waals surface area contributed by atoms with Crippen LogP contribution in [0.3, 0.4) is 0 Å². The highest BCUT2D eigenvalue weighted by Crippen LogP contribution is 2.40. The highest BCUT2D eigenvalue weighted by atomic mass is 32.2. The van der Waals surface area contributed by atoms with Gasteiger partial charge in [-0.3, -0.25) is 0 Å². The Morgan fingerprint density at radius 2 is 1.13 bits per heavy atom. The van der Waals surface area contributed by atoms with Crippen LogP contribution < -0.4 is 9.46 Å². The normalized spacial score (nSPS) is 12.7. The largest absolute Gasteiger partial charge is 0.427 e. The maximum absolute atomic E-state index is 13.4. The SMILES string of the molecule is CCCCCCCCN(CCCCCCCC)S(=O)(=O)NC(=O)Oc1c(C(C)(C)C)cc(C)cc1C(C)(C)C. The monoisotopic (exact) mass is 566 g/mol. The van der Waals surface area contributed by atoms with Gasteiger partial charge in [0, 0.05) is 24.2 Å². The fourth-order valence-electron chi connectivity index (χ4n) is 4.77. The summed E-state index contributed by atoms with van der Waals surface area (Å²) in [5.41, 5.74) is 2.27. The molecule has 0 heterocycles. The third-order valence-electron chi connectivity index (χ3n) is 7.12. The van der Waals surface area contributed by atoms with Crippen LogP contribution in [0.5, 0.6) is 5.75 Å². The molecule has 1 rings (SSSR count). The van der Waals surface area contributed by atoms with Crippen molar-refractivity contribution in [1.29, 1.82) is 0 Å². The first-order chi connectivity index (χ1) is 18.1. The van der Waals surface area contributed by atoms with Crippen molar-refractivity contribution in [2.24, 2.45) is 0 Å². The third-order valence-corrected chi connectivity index (χ3v) is 8.59. The lowest BCUT2D eigenvalue weighted by Gasteiger charge is -2.30. The number of ether oxygens (including phenoxy) is 1. The Bertz CT molecular complexity index is 924. The molecule has 1 amide bonds. The van der Waals surface area contributed by atoms with E-state index in [9.17, 15) is 13.2 Å². The van der Waals surface area contributed by atoms with E-state index in [0.717, 1.165) is 55.2 Å². The number of benzene rings is 1. The number of aryl methyl sites for hydroxylation is 1. The summed E-state index contributed by atoms with van der Waals surface area (Å²) in [6.45, 7) is 19.6. The maximum atomic E-state index is 13.4. The van der Waals surface area contributed by atoms with Crippen molar-refractivity contribution in [3.05, 3.63) is 28.8 Å². The number of carbonyl (C=O) groups excluding carboxylic acids is 1. The molecular formula is C32H58N2O4S. The summed E-state index contributed by atoms with van der Waals surface area (Å²) in [6, 6.07) is 4.05. The summed E-state index contributed by atoms with van der Waals surface area (Å²) < 4.78 is 36.3. The van der Waals surface area contributed by atoms with Crippen LogP contribution in [0.4, 0.5) is 4.79 Å². The molecule has 226 valence electrons. The molecule has 0 aliphatic rings. The number of amides is 1. The summed E-state index contributed by atoms with van der Waals surface area (Å²) in [5, 5.41) is 0. The van der Waals surface area contributed by atoms with Crippen LogP contribution in [0.1, 0.15) is 149 Å². The minimum Gasteiger partial charge on any atom is -0.409 e. The van der Waals surface area contributed by atoms with Gasteiger partial charge in [0.25, 0.3) is 0 Å². The van der Waals surface area contributed by atoms with E-state index in [-0.39, 0.29) is 10.8 Å². The van der Waals surface area contributed by atoms with E-state index < -0.39 is 16.3 Å². The second-order valence-corrected chi connectivity index (χ2v) is 14.8. The Labute approximate surface area is 240 Å². The zero-order valence-electron chi connectivity index (χ0n) is 26.5. The molecule has 0 saturated carbocycles. The number of hydrogen-bond donors (Lipinski definition) is 1. The van der Waals surface area contributed by atoms with Crippen molar-refractivity contribution in [2.75, 3.05) is 13.1 Å². The van der Waals surface area contributed by atoms with Gasteiger partial charge in [-0.1, -0.05) is 137 Å². The molecule has 0 spiro atoms. The van der Waals surface area contributed by atoms with Gasteiger partial charge in [0.1, 0.15) is 5.75 Å². The van der Waals surface area contributed by atoms with E-state index >= 15 is 0 Å². The summed E-state index contributed by atoms with van der Waals surface area (Å²) in [7, 11) is -4.03. The smallest absolute Gasteiger partial charge is 0.409 e. The van der Waals surface area contributed by atoms with Gasteiger partial charge in [-0.05, 0) is 30.6 Å². The Hall–Kier alpha value is -1.60. The summed E-state index contributed by atoms with van der Waals surface area (Å²) in [4.78, 5) is 13.1. The summed E-state index contributed by atoms with van der Waals surface area (Å²) >= 11 is 0. The van der Waals surface area contributed by atoms with E-state index in [1.54, 1.807) is 0 Å². The van der Waals surface area contributed by atoms with Gasteiger partial charge in [0.05, 0.1) is 0 Å². The molecule has 0 aliphatic heterocycles. The first-order valence-electron chi connectivity index (χ1n) is 15.3. The second kappa shape index (κ2) is 16.6. The molecule has 0 radical (unpaired) electrons. The highest BCUT2D eigenvalue weighted by molar-refractivity contribution is 7.87. The molecule has 0 bridgehead atoms. The van der Waals surface area contributed by atoms with Crippen LogP contribution in [-0.2, 0) is 21.0 Å². The van der Waals surface area contributed by atoms with Crippen molar-refractivity contribution in [2.45, 2.75) is 150 Å². The maximum Gasteiger partial charge on any atom is 0.427 e. The first kappa shape index (κ1) is 35.4. The molecule has 1 aromatic carbocycles. The van der Waals surface area contributed by atoms with Crippen LogP contribution in [-0.4, -0.2) is 31.9 Å². The average molecular weight is 567 g/mol. The minimum atomic E-state index is -4.03. The minimum absolute atomic E-state index is 0.290. The van der Waals surface area contributed by atoms with E-state index in [1.807, 2.05) is 19.1 Å². The predicted octanol–water partition coefficient (Wildman–Crippen LogP) is 8.95. The molecule has 7 heteroatoms. The molecule has 0 fully saturated rings. The van der Waals surface area contributed by atoms with Crippen LogP contribution >= 0.6 is 0 Å². The quantitative estimate of drug-likeness (QED) is 0.191. The van der Waals surface area contributed by atoms with Gasteiger partial charge in [0.2, 0.25) is 0 Å². The molecule has 0 atom stereocenters. The summed E-state index contributed by atoms with van der Waals surface area (Å²) in [6.07, 6.45) is 11.9. The standard InChI is InChI=1S/C32H58N2O4S/c1-10-12-14-16-18-20-22-34(23-21-19-17-15-13-11-2)39(36,37)33-30(35)38-29-27(31(4,5)6)24-26(3)25-28(29)32(7,8)9/h24-25H,10-23H2,1-9H3,(H,33,35). The Morgan fingerprint density at radius 3 is 1.51 bits per heavy atom. The number of nitrogens with zero attached hydrogens (tertiary/aromatic N) is 1. The molecule has 0 aliphatic carbocycles. The fraction of sp³-hybridized carbons (Fsp3) is 0.781. The highest BCUT2D eigenvalue weighted by Gasteiger charge is 2.31. The lowest BCUT2D eigenvalue weighted by molar-refractivity contribution is 0.203. The molecule has 6 nitrogen and oxygen atoms in total. The number of unbranched alkanes of at least 4 members (excludes halogenated alkanes) is 10. The Balaban J connectivity index is 3.07. The van der Waals surface area contributed by atoms with Crippen LogP contribution in [0.25, 0.3) is 0 Å². The summed E-state index contributed by atoms with van der Waals surface area (Å²) in [5.74, 6) is 0.451. The first-order valence-corrected chi connectivity index (χ1v) is 16.7. The van der Waals surface area contributed by atoms with Gasteiger partial charge in [-0.2, -0.15) is 12.7 Å². The van der Waals surface area contributed by atoms with Crippen molar-refractivity contribution in [3.63, 3.8) is 0 Å². The van der Waals surface area contributed by atoms with Crippen molar-refractivity contribution in [3.8, 4) is 5.75 Å². The molecule has 1 aromatic rings. The Morgan fingerprint density at radius 1 is 0.744 bits per heavy atom. The van der Waals surface area contributed by atoms with E-state index in [2.05, 4.69) is 60.1 Å². The molecule has 0 saturated heterocycles. The van der Waals surface area contributed by atoms with E-state index in [0.29, 0.717) is 18.8 Å². The van der Waals surface area contributed by atoms with Crippen molar-refractivity contribution >= 4 is 16.3 Å². The topological polar surface area (TPSA) is 75.7 Å². The number of rotatable bonds is 17. The van der Waals surface area contributed by atoms with Gasteiger partial charge in [-0.15, -0.1) is 0 Å².